The number of nitrogens with one attached hydrogen (secondary N) is 1. The standard InChI is InChI=1S/C15H12F2N2/c16-13-7-11(10-18)8-14(9-13)19-6-5-12-3-1-2-4-15(12)17/h1-4,7-9,19H,5-6H2. The topological polar surface area (TPSA) is 35.8 Å². The fourth-order valence-corrected chi connectivity index (χ4v) is 1.80. The van der Waals surface area contributed by atoms with Crippen LogP contribution in [0, 0.1) is 23.0 Å². The minimum atomic E-state index is -0.465. The zero-order chi connectivity index (χ0) is 13.7. The third-order valence-corrected chi connectivity index (χ3v) is 2.71. The summed E-state index contributed by atoms with van der Waals surface area (Å²) in [7, 11) is 0. The summed E-state index contributed by atoms with van der Waals surface area (Å²) in [6.45, 7) is 0.468. The van der Waals surface area contributed by atoms with Crippen LogP contribution in [0.1, 0.15) is 11.1 Å². The molecule has 0 amide bonds. The fraction of sp³-hybridized carbons (Fsp3) is 0.133. The highest BCUT2D eigenvalue weighted by atomic mass is 19.1. The van der Waals surface area contributed by atoms with Crippen molar-refractivity contribution in [3.05, 3.63) is 65.2 Å². The molecule has 4 heteroatoms. The monoisotopic (exact) mass is 258 g/mol. The molecule has 0 atom stereocenters. The van der Waals surface area contributed by atoms with Crippen molar-refractivity contribution >= 4 is 5.69 Å². The molecule has 0 bridgehead atoms. The summed E-state index contributed by atoms with van der Waals surface area (Å²) >= 11 is 0. The van der Waals surface area contributed by atoms with Gasteiger partial charge >= 0.3 is 0 Å². The van der Waals surface area contributed by atoms with Crippen molar-refractivity contribution in [1.82, 2.24) is 0 Å². The Hall–Kier alpha value is -2.41. The van der Waals surface area contributed by atoms with Crippen molar-refractivity contribution in [2.24, 2.45) is 0 Å². The molecule has 0 fully saturated rings. The van der Waals surface area contributed by atoms with Crippen molar-refractivity contribution in [3.8, 4) is 6.07 Å². The first-order chi connectivity index (χ1) is 9.19. The Morgan fingerprint density at radius 2 is 1.89 bits per heavy atom. The summed E-state index contributed by atoms with van der Waals surface area (Å²) in [4.78, 5) is 0. The first kappa shape index (κ1) is 13.0. The summed E-state index contributed by atoms with van der Waals surface area (Å²) in [5.74, 6) is -0.714. The Morgan fingerprint density at radius 1 is 1.11 bits per heavy atom. The largest absolute Gasteiger partial charge is 0.385 e. The number of benzene rings is 2. The molecule has 0 unspecified atom stereocenters. The highest BCUT2D eigenvalue weighted by molar-refractivity contribution is 5.49. The SMILES string of the molecule is N#Cc1cc(F)cc(NCCc2ccccc2F)c1. The van der Waals surface area contributed by atoms with Gasteiger partial charge in [-0.25, -0.2) is 8.78 Å². The molecule has 2 aromatic carbocycles. The molecule has 2 aromatic rings. The summed E-state index contributed by atoms with van der Waals surface area (Å²) in [5.41, 5.74) is 1.38. The van der Waals surface area contributed by atoms with Crippen LogP contribution < -0.4 is 5.32 Å². The number of halogens is 2. The van der Waals surface area contributed by atoms with Gasteiger partial charge in [0.1, 0.15) is 11.6 Å². The van der Waals surface area contributed by atoms with E-state index < -0.39 is 5.82 Å². The van der Waals surface area contributed by atoms with Gasteiger partial charge in [-0.2, -0.15) is 5.26 Å². The molecule has 0 aliphatic rings. The van der Waals surface area contributed by atoms with Gasteiger partial charge in [0.2, 0.25) is 0 Å². The summed E-state index contributed by atoms with van der Waals surface area (Å²) in [5, 5.41) is 11.7. The zero-order valence-corrected chi connectivity index (χ0v) is 10.2. The fourth-order valence-electron chi connectivity index (χ4n) is 1.80. The normalized spacial score (nSPS) is 9.95. The molecule has 1 N–H and O–H groups in total. The molecule has 0 aliphatic heterocycles. The van der Waals surface area contributed by atoms with Crippen LogP contribution in [0.15, 0.2) is 42.5 Å². The van der Waals surface area contributed by atoms with E-state index in [9.17, 15) is 8.78 Å². The van der Waals surface area contributed by atoms with Gasteiger partial charge in [0, 0.05) is 12.2 Å². The molecular formula is C15H12F2N2. The lowest BCUT2D eigenvalue weighted by Crippen LogP contribution is -2.06. The quantitative estimate of drug-likeness (QED) is 0.911. The Balaban J connectivity index is 1.98. The van der Waals surface area contributed by atoms with Gasteiger partial charge in [-0.3, -0.25) is 0 Å². The number of rotatable bonds is 4. The van der Waals surface area contributed by atoms with E-state index in [1.165, 1.54) is 18.2 Å². The maximum absolute atomic E-state index is 13.4. The van der Waals surface area contributed by atoms with Gasteiger partial charge in [0.05, 0.1) is 11.6 Å². The second kappa shape index (κ2) is 5.96. The van der Waals surface area contributed by atoms with E-state index in [1.54, 1.807) is 24.3 Å². The number of anilines is 1. The number of nitriles is 1. The van der Waals surface area contributed by atoms with Gasteiger partial charge in [0.15, 0.2) is 0 Å². The molecule has 0 heterocycles. The smallest absolute Gasteiger partial charge is 0.126 e. The van der Waals surface area contributed by atoms with Crippen molar-refractivity contribution < 1.29 is 8.78 Å². The first-order valence-corrected chi connectivity index (χ1v) is 5.87. The minimum absolute atomic E-state index is 0.249. The van der Waals surface area contributed by atoms with Crippen molar-refractivity contribution in [1.29, 1.82) is 5.26 Å². The molecule has 96 valence electrons. The molecule has 0 saturated carbocycles. The molecule has 0 spiro atoms. The molecule has 0 aromatic heterocycles. The predicted octanol–water partition coefficient (Wildman–Crippen LogP) is 3.49. The van der Waals surface area contributed by atoms with E-state index in [1.807, 2.05) is 6.07 Å². The van der Waals surface area contributed by atoms with Crippen LogP contribution in [-0.4, -0.2) is 6.54 Å². The highest BCUT2D eigenvalue weighted by Crippen LogP contribution is 2.14. The lowest BCUT2D eigenvalue weighted by atomic mass is 10.1. The Morgan fingerprint density at radius 3 is 2.63 bits per heavy atom. The third-order valence-electron chi connectivity index (χ3n) is 2.71. The molecule has 0 saturated heterocycles. The van der Waals surface area contributed by atoms with Crippen molar-refractivity contribution in [3.63, 3.8) is 0 Å². The van der Waals surface area contributed by atoms with Crippen LogP contribution >= 0.6 is 0 Å². The van der Waals surface area contributed by atoms with E-state index in [2.05, 4.69) is 5.32 Å². The van der Waals surface area contributed by atoms with E-state index in [0.717, 1.165) is 0 Å². The van der Waals surface area contributed by atoms with Gasteiger partial charge in [0.25, 0.3) is 0 Å². The maximum atomic E-state index is 13.4. The maximum Gasteiger partial charge on any atom is 0.126 e. The predicted molar refractivity (Wildman–Crippen MR) is 69.7 cm³/mol. The van der Waals surface area contributed by atoms with E-state index in [-0.39, 0.29) is 11.4 Å². The number of hydrogen-bond acceptors (Lipinski definition) is 2. The van der Waals surface area contributed by atoms with Crippen LogP contribution in [0.3, 0.4) is 0 Å². The number of hydrogen-bond donors (Lipinski definition) is 1. The lowest BCUT2D eigenvalue weighted by Gasteiger charge is -2.07. The van der Waals surface area contributed by atoms with Crippen LogP contribution in [0.4, 0.5) is 14.5 Å². The Bertz CT molecular complexity index is 618. The summed E-state index contributed by atoms with van der Waals surface area (Å²) in [6.07, 6.45) is 0.491. The van der Waals surface area contributed by atoms with E-state index in [4.69, 9.17) is 5.26 Å². The van der Waals surface area contributed by atoms with Crippen LogP contribution in [-0.2, 0) is 6.42 Å². The summed E-state index contributed by atoms with van der Waals surface area (Å²) < 4.78 is 26.5. The van der Waals surface area contributed by atoms with E-state index >= 15 is 0 Å². The Labute approximate surface area is 110 Å². The van der Waals surface area contributed by atoms with Gasteiger partial charge in [-0.15, -0.1) is 0 Å². The van der Waals surface area contributed by atoms with Gasteiger partial charge in [-0.05, 0) is 36.2 Å². The average molecular weight is 258 g/mol. The second-order valence-corrected chi connectivity index (χ2v) is 4.11. The molecule has 2 rings (SSSR count). The second-order valence-electron chi connectivity index (χ2n) is 4.11. The molecular weight excluding hydrogens is 246 g/mol. The minimum Gasteiger partial charge on any atom is -0.385 e. The van der Waals surface area contributed by atoms with Crippen LogP contribution in [0.5, 0.6) is 0 Å². The molecule has 19 heavy (non-hydrogen) atoms. The molecule has 2 nitrogen and oxygen atoms in total. The van der Waals surface area contributed by atoms with Crippen molar-refractivity contribution in [2.45, 2.75) is 6.42 Å². The third kappa shape index (κ3) is 3.52. The molecule has 0 radical (unpaired) electrons. The van der Waals surface area contributed by atoms with E-state index in [0.29, 0.717) is 24.2 Å². The van der Waals surface area contributed by atoms with Gasteiger partial charge < -0.3 is 5.32 Å². The van der Waals surface area contributed by atoms with Crippen molar-refractivity contribution in [2.75, 3.05) is 11.9 Å². The highest BCUT2D eigenvalue weighted by Gasteiger charge is 2.02. The van der Waals surface area contributed by atoms with Crippen LogP contribution in [0.2, 0.25) is 0 Å². The lowest BCUT2D eigenvalue weighted by molar-refractivity contribution is 0.610. The Kier molecular flexibility index (Phi) is 4.09. The molecule has 0 aliphatic carbocycles. The summed E-state index contributed by atoms with van der Waals surface area (Å²) in [6, 6.07) is 12.5. The average Bonchev–Trinajstić information content (AvgIpc) is 2.40. The van der Waals surface area contributed by atoms with Gasteiger partial charge in [-0.1, -0.05) is 18.2 Å². The first-order valence-electron chi connectivity index (χ1n) is 5.87. The zero-order valence-electron chi connectivity index (χ0n) is 10.2. The van der Waals surface area contributed by atoms with Crippen LogP contribution in [0.25, 0.3) is 0 Å². The number of nitrogens with zero attached hydrogens (tertiary/aromatic N) is 1.